The average molecular weight is 592 g/mol. The van der Waals surface area contributed by atoms with Crippen LogP contribution in [-0.2, 0) is 0 Å². The Balaban J connectivity index is 1.45. The van der Waals surface area contributed by atoms with Crippen LogP contribution < -0.4 is 0 Å². The fourth-order valence-electron chi connectivity index (χ4n) is 7.07. The van der Waals surface area contributed by atoms with Crippen molar-refractivity contribution in [2.45, 2.75) is 13.8 Å². The summed E-state index contributed by atoms with van der Waals surface area (Å²) in [6, 6.07) is 49.9. The van der Waals surface area contributed by atoms with Gasteiger partial charge in [-0.1, -0.05) is 115 Å². The first-order valence-corrected chi connectivity index (χ1v) is 15.6. The summed E-state index contributed by atoms with van der Waals surface area (Å²) in [4.78, 5) is 14.2. The molecule has 0 saturated carbocycles. The molecule has 0 unspecified atom stereocenters. The fourth-order valence-corrected chi connectivity index (χ4v) is 7.07. The zero-order valence-electron chi connectivity index (χ0n) is 25.5. The number of fused-ring (bicyclic) bond motifs is 7. The number of aromatic nitrogens is 5. The van der Waals surface area contributed by atoms with E-state index in [1.165, 1.54) is 33.0 Å². The minimum absolute atomic E-state index is 0.630. The topological polar surface area (TPSA) is 48.5 Å². The van der Waals surface area contributed by atoms with Gasteiger partial charge in [-0.15, -0.1) is 0 Å². The zero-order valence-corrected chi connectivity index (χ0v) is 25.5. The Morgan fingerprint density at radius 1 is 0.413 bits per heavy atom. The van der Waals surface area contributed by atoms with Crippen LogP contribution in [-0.4, -0.2) is 24.1 Å². The standard InChI is InChI=1S/C41H29N5/c1-26-42-27(2)44-41(43-26)46-38-20-12-10-18-33(38)35-24-23-34-32-17-9-11-19-37(32)45(39(34)40(35)46)30-21-22-31(28-13-5-3-6-14-28)36(25-30)29-15-7-4-8-16-29/h3-25H,1-2H3. The lowest BCUT2D eigenvalue weighted by Gasteiger charge is -2.16. The molecule has 0 bridgehead atoms. The van der Waals surface area contributed by atoms with Crippen molar-refractivity contribution in [3.8, 4) is 33.9 Å². The van der Waals surface area contributed by atoms with Crippen molar-refractivity contribution < 1.29 is 0 Å². The van der Waals surface area contributed by atoms with E-state index in [1.807, 2.05) is 13.8 Å². The van der Waals surface area contributed by atoms with Gasteiger partial charge in [-0.2, -0.15) is 9.97 Å². The van der Waals surface area contributed by atoms with E-state index in [2.05, 4.69) is 154 Å². The first-order valence-electron chi connectivity index (χ1n) is 15.6. The van der Waals surface area contributed by atoms with Crippen LogP contribution in [0.2, 0.25) is 0 Å². The third kappa shape index (κ3) is 3.99. The molecule has 0 amide bonds. The minimum atomic E-state index is 0.630. The molecule has 0 spiro atoms. The Kier molecular flexibility index (Phi) is 5.87. The highest BCUT2D eigenvalue weighted by Gasteiger charge is 2.23. The van der Waals surface area contributed by atoms with Gasteiger partial charge in [0.25, 0.3) is 0 Å². The second-order valence-electron chi connectivity index (χ2n) is 11.8. The number of hydrogen-bond donors (Lipinski definition) is 0. The summed E-state index contributed by atoms with van der Waals surface area (Å²) in [5.74, 6) is 2.03. The first kappa shape index (κ1) is 26.3. The zero-order chi connectivity index (χ0) is 30.8. The summed E-state index contributed by atoms with van der Waals surface area (Å²) in [7, 11) is 0. The summed E-state index contributed by atoms with van der Waals surface area (Å²) < 4.78 is 4.64. The number of nitrogens with zero attached hydrogens (tertiary/aromatic N) is 5. The Bertz CT molecular complexity index is 2570. The molecule has 0 saturated heterocycles. The van der Waals surface area contributed by atoms with Gasteiger partial charge in [0, 0.05) is 27.2 Å². The van der Waals surface area contributed by atoms with E-state index in [0.29, 0.717) is 17.6 Å². The molecule has 5 nitrogen and oxygen atoms in total. The maximum absolute atomic E-state index is 4.87. The van der Waals surface area contributed by atoms with Crippen molar-refractivity contribution in [1.29, 1.82) is 0 Å². The molecule has 6 aromatic carbocycles. The summed E-state index contributed by atoms with van der Waals surface area (Å²) in [5, 5.41) is 4.71. The number of rotatable bonds is 4. The predicted octanol–water partition coefficient (Wildman–Crippen LogP) is 10.0. The van der Waals surface area contributed by atoms with Gasteiger partial charge in [-0.25, -0.2) is 4.98 Å². The molecule has 0 N–H and O–H groups in total. The Hall–Kier alpha value is -6.07. The van der Waals surface area contributed by atoms with Crippen LogP contribution >= 0.6 is 0 Å². The molecule has 0 aliphatic rings. The van der Waals surface area contributed by atoms with E-state index >= 15 is 0 Å². The normalized spacial score (nSPS) is 11.7. The Labute approximate surface area is 266 Å². The van der Waals surface area contributed by atoms with Gasteiger partial charge in [0.1, 0.15) is 11.6 Å². The molecular formula is C41H29N5. The highest BCUT2D eigenvalue weighted by molar-refractivity contribution is 6.23. The third-order valence-electron chi connectivity index (χ3n) is 8.95. The van der Waals surface area contributed by atoms with Crippen LogP contribution in [0.3, 0.4) is 0 Å². The summed E-state index contributed by atoms with van der Waals surface area (Å²) in [5.41, 5.74) is 10.3. The predicted molar refractivity (Wildman–Crippen MR) is 189 cm³/mol. The Morgan fingerprint density at radius 2 is 0.913 bits per heavy atom. The van der Waals surface area contributed by atoms with Crippen molar-refractivity contribution in [3.63, 3.8) is 0 Å². The van der Waals surface area contributed by atoms with Crippen LogP contribution in [0.15, 0.2) is 140 Å². The molecule has 0 atom stereocenters. The van der Waals surface area contributed by atoms with Gasteiger partial charge in [0.15, 0.2) is 0 Å². The van der Waals surface area contributed by atoms with Gasteiger partial charge in [-0.05, 0) is 60.4 Å². The second kappa shape index (κ2) is 10.2. The maximum atomic E-state index is 4.87. The molecule has 0 fully saturated rings. The fraction of sp³-hybridized carbons (Fsp3) is 0.0488. The van der Waals surface area contributed by atoms with E-state index < -0.39 is 0 Å². The van der Waals surface area contributed by atoms with Crippen LogP contribution in [0.4, 0.5) is 0 Å². The van der Waals surface area contributed by atoms with E-state index in [9.17, 15) is 0 Å². The van der Waals surface area contributed by atoms with Crippen LogP contribution in [0.1, 0.15) is 11.6 Å². The largest absolute Gasteiger partial charge is 0.307 e. The van der Waals surface area contributed by atoms with Crippen molar-refractivity contribution in [2.24, 2.45) is 0 Å². The quantitative estimate of drug-likeness (QED) is 0.205. The molecule has 218 valence electrons. The molecule has 0 aliphatic carbocycles. The molecule has 9 rings (SSSR count). The summed E-state index contributed by atoms with van der Waals surface area (Å²) in [6.45, 7) is 3.86. The van der Waals surface area contributed by atoms with Gasteiger partial charge >= 0.3 is 0 Å². The minimum Gasteiger partial charge on any atom is -0.307 e. The number of benzene rings is 6. The average Bonchev–Trinajstić information content (AvgIpc) is 3.62. The maximum Gasteiger partial charge on any atom is 0.238 e. The van der Waals surface area contributed by atoms with Crippen LogP contribution in [0.25, 0.3) is 77.5 Å². The van der Waals surface area contributed by atoms with Gasteiger partial charge in [0.2, 0.25) is 5.95 Å². The van der Waals surface area contributed by atoms with E-state index in [-0.39, 0.29) is 0 Å². The van der Waals surface area contributed by atoms with Gasteiger partial charge in [0.05, 0.1) is 22.1 Å². The second-order valence-corrected chi connectivity index (χ2v) is 11.8. The lowest BCUT2D eigenvalue weighted by atomic mass is 9.94. The molecule has 3 aromatic heterocycles. The number of hydrogen-bond acceptors (Lipinski definition) is 3. The monoisotopic (exact) mass is 591 g/mol. The molecule has 0 aliphatic heterocycles. The van der Waals surface area contributed by atoms with Gasteiger partial charge in [-0.3, -0.25) is 4.57 Å². The van der Waals surface area contributed by atoms with E-state index in [1.54, 1.807) is 0 Å². The molecular weight excluding hydrogens is 562 g/mol. The van der Waals surface area contributed by atoms with Crippen molar-refractivity contribution in [3.05, 3.63) is 151 Å². The lowest BCUT2D eigenvalue weighted by Crippen LogP contribution is -2.07. The summed E-state index contributed by atoms with van der Waals surface area (Å²) >= 11 is 0. The molecule has 0 radical (unpaired) electrons. The third-order valence-corrected chi connectivity index (χ3v) is 8.95. The number of aryl methyl sites for hydroxylation is 2. The smallest absolute Gasteiger partial charge is 0.238 e. The molecule has 46 heavy (non-hydrogen) atoms. The van der Waals surface area contributed by atoms with Crippen LogP contribution in [0.5, 0.6) is 0 Å². The molecule has 9 aromatic rings. The van der Waals surface area contributed by atoms with E-state index in [0.717, 1.165) is 38.5 Å². The highest BCUT2D eigenvalue weighted by Crippen LogP contribution is 2.42. The Morgan fingerprint density at radius 3 is 1.52 bits per heavy atom. The summed E-state index contributed by atoms with van der Waals surface area (Å²) in [6.07, 6.45) is 0. The molecule has 3 heterocycles. The first-order chi connectivity index (χ1) is 22.7. The lowest BCUT2D eigenvalue weighted by molar-refractivity contribution is 0.864. The van der Waals surface area contributed by atoms with Crippen molar-refractivity contribution in [1.82, 2.24) is 24.1 Å². The number of para-hydroxylation sites is 2. The molecule has 5 heteroatoms. The highest BCUT2D eigenvalue weighted by atomic mass is 15.2. The van der Waals surface area contributed by atoms with Crippen LogP contribution in [0, 0.1) is 13.8 Å². The SMILES string of the molecule is Cc1nc(C)nc(-n2c3ccccc3c3ccc4c5ccccc5n(-c5ccc(-c6ccccc6)c(-c6ccccc6)c5)c4c32)n1. The van der Waals surface area contributed by atoms with E-state index in [4.69, 9.17) is 9.97 Å². The van der Waals surface area contributed by atoms with Crippen molar-refractivity contribution in [2.75, 3.05) is 0 Å². The van der Waals surface area contributed by atoms with Gasteiger partial charge < -0.3 is 4.57 Å². The van der Waals surface area contributed by atoms with Crippen molar-refractivity contribution >= 4 is 43.6 Å².